The molecule has 2 aromatic heterocycles. The summed E-state index contributed by atoms with van der Waals surface area (Å²) in [7, 11) is 3.37. The number of carbonyl (C=O) groups excluding carboxylic acids is 1. The van der Waals surface area contributed by atoms with Crippen molar-refractivity contribution >= 4 is 28.4 Å². The standard InChI is InChI=1S/C17H16ClN3O2/c1-21(17(22)14-8-12(18)9-20-14)10-11-5-6-15(23-2)16-13(11)4-3-7-19-16/h3-9,20H,10H2,1-2H3. The Morgan fingerprint density at radius 3 is 2.91 bits per heavy atom. The van der Waals surface area contributed by atoms with Crippen LogP contribution in [0.1, 0.15) is 16.1 Å². The summed E-state index contributed by atoms with van der Waals surface area (Å²) >= 11 is 5.86. The number of hydrogen-bond donors (Lipinski definition) is 1. The van der Waals surface area contributed by atoms with Crippen molar-refractivity contribution in [3.63, 3.8) is 0 Å². The fourth-order valence-corrected chi connectivity index (χ4v) is 2.70. The van der Waals surface area contributed by atoms with Gasteiger partial charge in [-0.2, -0.15) is 0 Å². The zero-order chi connectivity index (χ0) is 16.4. The van der Waals surface area contributed by atoms with E-state index in [-0.39, 0.29) is 5.91 Å². The van der Waals surface area contributed by atoms with Crippen molar-refractivity contribution in [2.45, 2.75) is 6.54 Å². The number of nitrogens with zero attached hydrogens (tertiary/aromatic N) is 2. The topological polar surface area (TPSA) is 58.2 Å². The number of aromatic amines is 1. The molecular formula is C17H16ClN3O2. The lowest BCUT2D eigenvalue weighted by atomic mass is 10.1. The number of benzene rings is 1. The molecule has 0 aliphatic carbocycles. The number of H-pyrrole nitrogens is 1. The summed E-state index contributed by atoms with van der Waals surface area (Å²) in [5.74, 6) is 0.597. The van der Waals surface area contributed by atoms with Gasteiger partial charge in [-0.15, -0.1) is 0 Å². The van der Waals surface area contributed by atoms with Crippen molar-refractivity contribution < 1.29 is 9.53 Å². The molecular weight excluding hydrogens is 314 g/mol. The monoisotopic (exact) mass is 329 g/mol. The maximum Gasteiger partial charge on any atom is 0.270 e. The maximum absolute atomic E-state index is 12.4. The number of nitrogens with one attached hydrogen (secondary N) is 1. The molecule has 1 N–H and O–H groups in total. The second kappa shape index (κ2) is 6.30. The zero-order valence-electron chi connectivity index (χ0n) is 12.8. The number of ether oxygens (including phenoxy) is 1. The van der Waals surface area contributed by atoms with E-state index >= 15 is 0 Å². The lowest BCUT2D eigenvalue weighted by molar-refractivity contribution is 0.0780. The number of hydrogen-bond acceptors (Lipinski definition) is 3. The van der Waals surface area contributed by atoms with Gasteiger partial charge < -0.3 is 14.6 Å². The molecule has 2 heterocycles. The molecule has 23 heavy (non-hydrogen) atoms. The first kappa shape index (κ1) is 15.4. The summed E-state index contributed by atoms with van der Waals surface area (Å²) in [6.45, 7) is 0.460. The number of amides is 1. The van der Waals surface area contributed by atoms with Crippen LogP contribution in [0.2, 0.25) is 5.02 Å². The Hall–Kier alpha value is -2.53. The summed E-state index contributed by atoms with van der Waals surface area (Å²) in [6, 6.07) is 9.29. The fraction of sp³-hybridized carbons (Fsp3) is 0.176. The molecule has 0 unspecified atom stereocenters. The van der Waals surface area contributed by atoms with Crippen LogP contribution in [0.15, 0.2) is 42.7 Å². The predicted octanol–water partition coefficient (Wildman–Crippen LogP) is 3.50. The van der Waals surface area contributed by atoms with Gasteiger partial charge in [0.15, 0.2) is 0 Å². The molecule has 0 bridgehead atoms. The second-order valence-corrected chi connectivity index (χ2v) is 5.66. The molecule has 0 fully saturated rings. The van der Waals surface area contributed by atoms with E-state index in [1.807, 2.05) is 24.3 Å². The van der Waals surface area contributed by atoms with Gasteiger partial charge in [0.25, 0.3) is 5.91 Å². The molecule has 0 saturated heterocycles. The van der Waals surface area contributed by atoms with Crippen LogP contribution >= 0.6 is 11.6 Å². The second-order valence-electron chi connectivity index (χ2n) is 5.22. The quantitative estimate of drug-likeness (QED) is 0.797. The Labute approximate surface area is 138 Å². The van der Waals surface area contributed by atoms with Crippen LogP contribution in [0, 0.1) is 0 Å². The Bertz CT molecular complexity index is 860. The van der Waals surface area contributed by atoms with Gasteiger partial charge in [0.2, 0.25) is 0 Å². The number of pyridine rings is 1. The molecule has 0 aliphatic rings. The van der Waals surface area contributed by atoms with Gasteiger partial charge in [0.05, 0.1) is 12.1 Å². The van der Waals surface area contributed by atoms with Crippen LogP contribution in [0.25, 0.3) is 10.9 Å². The van der Waals surface area contributed by atoms with Crippen molar-refractivity contribution in [2.75, 3.05) is 14.2 Å². The van der Waals surface area contributed by atoms with Crippen LogP contribution in [-0.2, 0) is 6.54 Å². The highest BCUT2D eigenvalue weighted by Crippen LogP contribution is 2.27. The Morgan fingerprint density at radius 1 is 1.39 bits per heavy atom. The largest absolute Gasteiger partial charge is 0.494 e. The van der Waals surface area contributed by atoms with Gasteiger partial charge in [-0.1, -0.05) is 23.7 Å². The van der Waals surface area contributed by atoms with Gasteiger partial charge in [-0.25, -0.2) is 0 Å². The molecule has 0 spiro atoms. The number of methoxy groups -OCH3 is 1. The summed E-state index contributed by atoms with van der Waals surface area (Å²) in [4.78, 5) is 21.3. The summed E-state index contributed by atoms with van der Waals surface area (Å²) in [5.41, 5.74) is 2.26. The lowest BCUT2D eigenvalue weighted by Gasteiger charge is -2.18. The fourth-order valence-electron chi connectivity index (χ4n) is 2.53. The molecule has 3 aromatic rings. The van der Waals surface area contributed by atoms with Crippen molar-refractivity contribution in [2.24, 2.45) is 0 Å². The molecule has 0 atom stereocenters. The van der Waals surface area contributed by atoms with Gasteiger partial charge in [-0.05, 0) is 23.8 Å². The molecule has 0 aliphatic heterocycles. The van der Waals surface area contributed by atoms with Crippen LogP contribution in [-0.4, -0.2) is 34.9 Å². The third kappa shape index (κ3) is 3.00. The average Bonchev–Trinajstić information content (AvgIpc) is 3.01. The molecule has 5 nitrogen and oxygen atoms in total. The van der Waals surface area contributed by atoms with Gasteiger partial charge in [0.1, 0.15) is 17.0 Å². The lowest BCUT2D eigenvalue weighted by Crippen LogP contribution is -2.26. The van der Waals surface area contributed by atoms with Gasteiger partial charge in [0, 0.05) is 31.4 Å². The molecule has 3 rings (SSSR count). The summed E-state index contributed by atoms with van der Waals surface area (Å²) in [5, 5.41) is 1.48. The van der Waals surface area contributed by atoms with E-state index in [1.54, 1.807) is 37.5 Å². The van der Waals surface area contributed by atoms with Crippen LogP contribution in [0.5, 0.6) is 5.75 Å². The third-order valence-electron chi connectivity index (χ3n) is 3.68. The number of carbonyl (C=O) groups is 1. The number of rotatable bonds is 4. The van der Waals surface area contributed by atoms with E-state index in [0.29, 0.717) is 17.3 Å². The van der Waals surface area contributed by atoms with E-state index < -0.39 is 0 Å². The molecule has 1 aromatic carbocycles. The van der Waals surface area contributed by atoms with Crippen LogP contribution in [0.3, 0.4) is 0 Å². The van der Waals surface area contributed by atoms with E-state index in [1.165, 1.54) is 0 Å². The van der Waals surface area contributed by atoms with Gasteiger partial charge >= 0.3 is 0 Å². The molecule has 0 saturated carbocycles. The minimum atomic E-state index is -0.121. The van der Waals surface area contributed by atoms with Gasteiger partial charge in [-0.3, -0.25) is 9.78 Å². The predicted molar refractivity (Wildman–Crippen MR) is 89.9 cm³/mol. The van der Waals surface area contributed by atoms with E-state index in [4.69, 9.17) is 16.3 Å². The maximum atomic E-state index is 12.4. The highest BCUT2D eigenvalue weighted by atomic mass is 35.5. The Kier molecular flexibility index (Phi) is 4.21. The highest BCUT2D eigenvalue weighted by Gasteiger charge is 2.16. The molecule has 6 heteroatoms. The number of aromatic nitrogens is 2. The number of fused-ring (bicyclic) bond motifs is 1. The van der Waals surface area contributed by atoms with E-state index in [9.17, 15) is 4.79 Å². The highest BCUT2D eigenvalue weighted by molar-refractivity contribution is 6.30. The van der Waals surface area contributed by atoms with Crippen molar-refractivity contribution in [1.82, 2.24) is 14.9 Å². The van der Waals surface area contributed by atoms with Crippen LogP contribution in [0.4, 0.5) is 0 Å². The molecule has 118 valence electrons. The summed E-state index contributed by atoms with van der Waals surface area (Å²) in [6.07, 6.45) is 3.32. The minimum absolute atomic E-state index is 0.121. The Morgan fingerprint density at radius 2 is 2.22 bits per heavy atom. The Balaban J connectivity index is 1.91. The number of halogens is 1. The minimum Gasteiger partial charge on any atom is -0.494 e. The SMILES string of the molecule is COc1ccc(CN(C)C(=O)c2cc(Cl)c[nH]2)c2cccnc12. The van der Waals surface area contributed by atoms with Crippen LogP contribution < -0.4 is 4.74 Å². The average molecular weight is 330 g/mol. The smallest absolute Gasteiger partial charge is 0.270 e. The first-order valence-electron chi connectivity index (χ1n) is 7.10. The van der Waals surface area contributed by atoms with E-state index in [0.717, 1.165) is 22.2 Å². The van der Waals surface area contributed by atoms with Crippen molar-refractivity contribution in [1.29, 1.82) is 0 Å². The first-order valence-corrected chi connectivity index (χ1v) is 7.48. The third-order valence-corrected chi connectivity index (χ3v) is 3.89. The van der Waals surface area contributed by atoms with Crippen molar-refractivity contribution in [3.05, 3.63) is 59.0 Å². The molecule has 0 radical (unpaired) electrons. The van der Waals surface area contributed by atoms with Crippen molar-refractivity contribution in [3.8, 4) is 5.75 Å². The summed E-state index contributed by atoms with van der Waals surface area (Å²) < 4.78 is 5.34. The molecule has 1 amide bonds. The van der Waals surface area contributed by atoms with E-state index in [2.05, 4.69) is 9.97 Å². The zero-order valence-corrected chi connectivity index (χ0v) is 13.6. The first-order chi connectivity index (χ1) is 11.1. The normalized spacial score (nSPS) is 10.7.